The normalized spacial score (nSPS) is 10.4. The van der Waals surface area contributed by atoms with Crippen LogP contribution in [-0.2, 0) is 0 Å². The quantitative estimate of drug-likeness (QED) is 0.760. The summed E-state index contributed by atoms with van der Waals surface area (Å²) >= 11 is 8.96. The number of hydrogen-bond acceptors (Lipinski definition) is 5. The minimum absolute atomic E-state index is 0.499. The van der Waals surface area contributed by atoms with Crippen LogP contribution in [-0.4, -0.2) is 15.0 Å². The largest absolute Gasteiger partial charge is 0.238 e. The summed E-state index contributed by atoms with van der Waals surface area (Å²) in [5, 5.41) is 3.29. The Bertz CT molecular complexity index is 430. The second-order valence-electron chi connectivity index (χ2n) is 2.49. The Labute approximate surface area is 94.6 Å². The predicted molar refractivity (Wildman–Crippen MR) is 58.0 cm³/mol. The van der Waals surface area contributed by atoms with E-state index in [-0.39, 0.29) is 0 Å². The topological polar surface area (TPSA) is 38.7 Å². The lowest BCUT2D eigenvalue weighted by molar-refractivity contribution is 1.00. The first-order valence-electron chi connectivity index (χ1n) is 3.82. The van der Waals surface area contributed by atoms with Crippen molar-refractivity contribution < 1.29 is 0 Å². The molecule has 6 heteroatoms. The van der Waals surface area contributed by atoms with Crippen LogP contribution in [0.5, 0.6) is 0 Å². The Hall–Kier alpha value is -0.650. The van der Waals surface area contributed by atoms with Crippen LogP contribution < -0.4 is 0 Å². The van der Waals surface area contributed by atoms with E-state index < -0.39 is 0 Å². The maximum Gasteiger partial charge on any atom is 0.156 e. The molecule has 0 spiro atoms. The third-order valence-corrected chi connectivity index (χ3v) is 3.94. The first kappa shape index (κ1) is 9.89. The molecule has 2 heterocycles. The zero-order valence-corrected chi connectivity index (χ0v) is 9.66. The van der Waals surface area contributed by atoms with Crippen LogP contribution >= 0.6 is 34.7 Å². The lowest BCUT2D eigenvalue weighted by atomic mass is 10.4. The summed E-state index contributed by atoms with van der Waals surface area (Å²) in [5.41, 5.74) is 0.898. The van der Waals surface area contributed by atoms with Crippen molar-refractivity contribution in [3.05, 3.63) is 28.6 Å². The molecule has 72 valence electrons. The van der Waals surface area contributed by atoms with Crippen LogP contribution in [0.3, 0.4) is 0 Å². The molecule has 0 N–H and O–H groups in total. The summed E-state index contributed by atoms with van der Waals surface area (Å²) in [6.45, 7) is 1.90. The number of halogens is 1. The SMILES string of the molecule is Cc1c(Cl)ncnc1Sc1nccs1. The van der Waals surface area contributed by atoms with Gasteiger partial charge in [-0.25, -0.2) is 15.0 Å². The first-order chi connectivity index (χ1) is 6.77. The summed E-state index contributed by atoms with van der Waals surface area (Å²) in [6.07, 6.45) is 3.23. The molecule has 0 saturated carbocycles. The van der Waals surface area contributed by atoms with Crippen molar-refractivity contribution in [2.24, 2.45) is 0 Å². The van der Waals surface area contributed by atoms with E-state index in [9.17, 15) is 0 Å². The smallest absolute Gasteiger partial charge is 0.156 e. The number of aromatic nitrogens is 3. The van der Waals surface area contributed by atoms with E-state index >= 15 is 0 Å². The van der Waals surface area contributed by atoms with Gasteiger partial charge in [0.15, 0.2) is 4.34 Å². The summed E-state index contributed by atoms with van der Waals surface area (Å²) < 4.78 is 0.961. The molecule has 0 unspecified atom stereocenters. The monoisotopic (exact) mass is 243 g/mol. The van der Waals surface area contributed by atoms with Crippen molar-refractivity contribution in [1.82, 2.24) is 15.0 Å². The molecule has 0 amide bonds. The second-order valence-corrected chi connectivity index (χ2v) is 4.98. The van der Waals surface area contributed by atoms with E-state index in [1.54, 1.807) is 17.5 Å². The van der Waals surface area contributed by atoms with Crippen LogP contribution in [0.2, 0.25) is 5.15 Å². The van der Waals surface area contributed by atoms with E-state index in [1.807, 2.05) is 12.3 Å². The lowest BCUT2D eigenvalue weighted by Crippen LogP contribution is -1.89. The maximum absolute atomic E-state index is 5.87. The number of hydrogen-bond donors (Lipinski definition) is 0. The summed E-state index contributed by atoms with van der Waals surface area (Å²) in [4.78, 5) is 12.2. The predicted octanol–water partition coefficient (Wildman–Crippen LogP) is 3.05. The molecule has 0 bridgehead atoms. The van der Waals surface area contributed by atoms with Crippen LogP contribution in [0.25, 0.3) is 0 Å². The van der Waals surface area contributed by atoms with Gasteiger partial charge in [-0.3, -0.25) is 0 Å². The first-order valence-corrected chi connectivity index (χ1v) is 5.89. The van der Waals surface area contributed by atoms with Gasteiger partial charge in [-0.2, -0.15) is 0 Å². The second kappa shape index (κ2) is 4.25. The van der Waals surface area contributed by atoms with Crippen molar-refractivity contribution in [3.8, 4) is 0 Å². The summed E-state index contributed by atoms with van der Waals surface area (Å²) in [6, 6.07) is 0. The Morgan fingerprint density at radius 2 is 2.21 bits per heavy atom. The zero-order chi connectivity index (χ0) is 9.97. The van der Waals surface area contributed by atoms with Gasteiger partial charge in [0.2, 0.25) is 0 Å². The van der Waals surface area contributed by atoms with Gasteiger partial charge in [-0.15, -0.1) is 11.3 Å². The van der Waals surface area contributed by atoms with Crippen LogP contribution in [0.15, 0.2) is 27.3 Å². The minimum Gasteiger partial charge on any atom is -0.238 e. The highest BCUT2D eigenvalue weighted by molar-refractivity contribution is 8.01. The van der Waals surface area contributed by atoms with Crippen molar-refractivity contribution in [3.63, 3.8) is 0 Å². The zero-order valence-electron chi connectivity index (χ0n) is 7.27. The van der Waals surface area contributed by atoms with Gasteiger partial charge in [-0.05, 0) is 18.7 Å². The van der Waals surface area contributed by atoms with E-state index in [0.717, 1.165) is 14.9 Å². The molecular weight excluding hydrogens is 238 g/mol. The van der Waals surface area contributed by atoms with Gasteiger partial charge in [0, 0.05) is 17.1 Å². The molecule has 2 aromatic rings. The molecule has 0 saturated heterocycles. The molecule has 0 aliphatic rings. The van der Waals surface area contributed by atoms with Gasteiger partial charge in [-0.1, -0.05) is 11.6 Å². The molecule has 0 aliphatic heterocycles. The van der Waals surface area contributed by atoms with Crippen molar-refractivity contribution in [1.29, 1.82) is 0 Å². The Morgan fingerprint density at radius 1 is 1.36 bits per heavy atom. The Balaban J connectivity index is 2.29. The van der Waals surface area contributed by atoms with Crippen molar-refractivity contribution >= 4 is 34.7 Å². The van der Waals surface area contributed by atoms with Crippen LogP contribution in [0, 0.1) is 6.92 Å². The molecule has 0 radical (unpaired) electrons. The highest BCUT2D eigenvalue weighted by Crippen LogP contribution is 2.31. The third kappa shape index (κ3) is 2.05. The van der Waals surface area contributed by atoms with Crippen LogP contribution in [0.4, 0.5) is 0 Å². The van der Waals surface area contributed by atoms with Crippen molar-refractivity contribution in [2.45, 2.75) is 16.3 Å². The molecular formula is C8H6ClN3S2. The third-order valence-electron chi connectivity index (χ3n) is 1.57. The highest BCUT2D eigenvalue weighted by atomic mass is 35.5. The molecule has 0 fully saturated rings. The molecule has 2 rings (SSSR count). The van der Waals surface area contributed by atoms with Crippen molar-refractivity contribution in [2.75, 3.05) is 0 Å². The van der Waals surface area contributed by atoms with E-state index in [4.69, 9.17) is 11.6 Å². The molecule has 0 aromatic carbocycles. The van der Waals surface area contributed by atoms with Gasteiger partial charge < -0.3 is 0 Å². The summed E-state index contributed by atoms with van der Waals surface area (Å²) in [5.74, 6) is 0. The molecule has 0 aliphatic carbocycles. The molecule has 14 heavy (non-hydrogen) atoms. The standard InChI is InChI=1S/C8H6ClN3S2/c1-5-6(9)11-4-12-7(5)14-8-10-2-3-13-8/h2-4H,1H3. The lowest BCUT2D eigenvalue weighted by Gasteiger charge is -2.01. The maximum atomic E-state index is 5.87. The van der Waals surface area contributed by atoms with E-state index in [2.05, 4.69) is 15.0 Å². The van der Waals surface area contributed by atoms with Gasteiger partial charge in [0.1, 0.15) is 16.5 Å². The highest BCUT2D eigenvalue weighted by Gasteiger charge is 2.07. The van der Waals surface area contributed by atoms with Gasteiger partial charge >= 0.3 is 0 Å². The molecule has 2 aromatic heterocycles. The fraction of sp³-hybridized carbons (Fsp3) is 0.125. The van der Waals surface area contributed by atoms with E-state index in [0.29, 0.717) is 5.15 Å². The van der Waals surface area contributed by atoms with Gasteiger partial charge in [0.05, 0.1) is 0 Å². The number of thiazole rings is 1. The fourth-order valence-corrected chi connectivity index (χ4v) is 2.63. The molecule has 0 atom stereocenters. The van der Waals surface area contributed by atoms with E-state index in [1.165, 1.54) is 18.1 Å². The number of rotatable bonds is 2. The fourth-order valence-electron chi connectivity index (χ4n) is 0.860. The Morgan fingerprint density at radius 3 is 2.93 bits per heavy atom. The average Bonchev–Trinajstić information content (AvgIpc) is 2.66. The van der Waals surface area contributed by atoms with Gasteiger partial charge in [0.25, 0.3) is 0 Å². The minimum atomic E-state index is 0.499. The average molecular weight is 244 g/mol. The Kier molecular flexibility index (Phi) is 3.00. The molecule has 3 nitrogen and oxygen atoms in total. The van der Waals surface area contributed by atoms with Crippen LogP contribution in [0.1, 0.15) is 5.56 Å². The number of nitrogens with zero attached hydrogens (tertiary/aromatic N) is 3. The summed E-state index contributed by atoms with van der Waals surface area (Å²) in [7, 11) is 0.